The number of nitrogens with zero attached hydrogens (tertiary/aromatic N) is 5. The van der Waals surface area contributed by atoms with Gasteiger partial charge >= 0.3 is 487 Å². The molecular formula is C74H62N5OSb. The molecule has 3 heterocycles. The molecule has 11 aromatic carbocycles. The van der Waals surface area contributed by atoms with Gasteiger partial charge in [0.2, 0.25) is 0 Å². The molecule has 0 fully saturated rings. The van der Waals surface area contributed by atoms with Crippen molar-refractivity contribution in [2.45, 2.75) is 55.4 Å². The molecule has 14 rings (SSSR count). The van der Waals surface area contributed by atoms with E-state index in [-0.39, 0.29) is 0 Å². The van der Waals surface area contributed by atoms with Gasteiger partial charge in [0, 0.05) is 0 Å². The Kier molecular flexibility index (Phi) is 12.4. The van der Waals surface area contributed by atoms with Crippen molar-refractivity contribution >= 4 is 116 Å². The Labute approximate surface area is 484 Å². The van der Waals surface area contributed by atoms with E-state index in [1.165, 1.54) is 66.4 Å². The number of aryl methyl sites for hydroxylation is 8. The van der Waals surface area contributed by atoms with E-state index >= 15 is 0 Å². The number of benzene rings is 11. The molecule has 81 heavy (non-hydrogen) atoms. The second kappa shape index (κ2) is 20.0. The molecule has 0 unspecified atom stereocenters. The summed E-state index contributed by atoms with van der Waals surface area (Å²) < 4.78 is 11.8. The van der Waals surface area contributed by atoms with Crippen molar-refractivity contribution in [3.63, 3.8) is 0 Å². The van der Waals surface area contributed by atoms with E-state index in [2.05, 4.69) is 310 Å². The van der Waals surface area contributed by atoms with Crippen molar-refractivity contribution in [3.8, 4) is 11.5 Å². The van der Waals surface area contributed by atoms with E-state index < -0.39 is 20.2 Å². The van der Waals surface area contributed by atoms with Crippen LogP contribution in [0.2, 0.25) is 0 Å². The fourth-order valence-corrected chi connectivity index (χ4v) is 20.1. The van der Waals surface area contributed by atoms with Gasteiger partial charge < -0.3 is 0 Å². The molecule has 0 atom stereocenters. The number of rotatable bonds is 11. The van der Waals surface area contributed by atoms with Crippen LogP contribution in [0.1, 0.15) is 44.5 Å². The van der Waals surface area contributed by atoms with Crippen molar-refractivity contribution in [1.29, 1.82) is 0 Å². The van der Waals surface area contributed by atoms with Gasteiger partial charge in [-0.3, -0.25) is 0 Å². The van der Waals surface area contributed by atoms with Gasteiger partial charge in [0.1, 0.15) is 0 Å². The molecule has 11 aromatic rings. The van der Waals surface area contributed by atoms with Crippen LogP contribution in [0.3, 0.4) is 0 Å². The molecule has 3 aliphatic rings. The first-order valence-corrected chi connectivity index (χ1v) is 31.8. The average molecular weight is 1160 g/mol. The van der Waals surface area contributed by atoms with Crippen LogP contribution in [-0.4, -0.2) is 20.2 Å². The standard InChI is InChI=1S/C74H62N5O.Sb/c1-50-9-25-58(26-10-50)75(59-27-11-51(2)12-28-59)66-41-67-43-68(42-66)79(65-39-23-57(8)24-40-65)72-45-70(77(62-33-17-54(5)18-34-62)63-35-19-55(6)20-36-63)47-74(49-72)80-73-46-69(44-71(48-73)78(67)64-37-21-56(7)22-38-64)76(60-29-13-52(3)14-30-60)61-31-15-53(4)16-32-61;/h9-42,44-47H,1-8H3;. The fourth-order valence-electron chi connectivity index (χ4n) is 11.8. The minimum absolute atomic E-state index is 0.907. The first-order chi connectivity index (χ1) is 39.4. The van der Waals surface area contributed by atoms with Crippen molar-refractivity contribution in [2.24, 2.45) is 0 Å². The quantitative estimate of drug-likeness (QED) is 0.120. The van der Waals surface area contributed by atoms with Crippen molar-refractivity contribution in [3.05, 3.63) is 275 Å². The molecule has 0 saturated carbocycles. The van der Waals surface area contributed by atoms with Crippen LogP contribution in [0.5, 0.6) is 11.5 Å². The van der Waals surface area contributed by atoms with Crippen LogP contribution in [0, 0.1) is 55.4 Å². The average Bonchev–Trinajstić information content (AvgIpc) is 2.51. The molecule has 0 amide bonds. The third-order valence-corrected chi connectivity index (χ3v) is 23.8. The molecule has 0 saturated heterocycles. The zero-order valence-corrected chi connectivity index (χ0v) is 49.6. The van der Waals surface area contributed by atoms with Crippen molar-refractivity contribution < 1.29 is 4.74 Å². The maximum atomic E-state index is 7.79. The van der Waals surface area contributed by atoms with Gasteiger partial charge in [-0.15, -0.1) is 0 Å². The van der Waals surface area contributed by atoms with Crippen LogP contribution in [0.15, 0.2) is 231 Å². The third kappa shape index (κ3) is 8.90. The third-order valence-electron chi connectivity index (χ3n) is 16.1. The van der Waals surface area contributed by atoms with Crippen LogP contribution in [0.4, 0.5) is 85.3 Å². The van der Waals surface area contributed by atoms with Gasteiger partial charge in [0.15, 0.2) is 0 Å². The second-order valence-corrected chi connectivity index (χ2v) is 28.0. The Morgan fingerprint density at radius 3 is 0.704 bits per heavy atom. The molecule has 7 heteroatoms. The Bertz CT molecular complexity index is 3840. The first kappa shape index (κ1) is 50.3. The van der Waals surface area contributed by atoms with Gasteiger partial charge in [0.05, 0.1) is 0 Å². The van der Waals surface area contributed by atoms with E-state index in [9.17, 15) is 0 Å². The zero-order valence-electron chi connectivity index (χ0n) is 47.0. The van der Waals surface area contributed by atoms with Gasteiger partial charge in [0.25, 0.3) is 0 Å². The summed E-state index contributed by atoms with van der Waals surface area (Å²) in [6.07, 6.45) is 0. The van der Waals surface area contributed by atoms with Gasteiger partial charge in [-0.05, 0) is 0 Å². The summed E-state index contributed by atoms with van der Waals surface area (Å²) in [5.74, 6) is 1.81. The van der Waals surface area contributed by atoms with Crippen LogP contribution < -0.4 is 39.8 Å². The summed E-state index contributed by atoms with van der Waals surface area (Å²) in [5.41, 5.74) is 26.2. The monoisotopic (exact) mass is 1160 g/mol. The molecule has 6 nitrogen and oxygen atoms in total. The Hall–Kier alpha value is -8.96. The maximum absolute atomic E-state index is 7.79. The Morgan fingerprint density at radius 2 is 0.457 bits per heavy atom. The van der Waals surface area contributed by atoms with Crippen LogP contribution in [-0.2, 0) is 0 Å². The zero-order chi connectivity index (χ0) is 55.2. The Morgan fingerprint density at radius 1 is 0.247 bits per heavy atom. The molecule has 0 aliphatic carbocycles. The normalized spacial score (nSPS) is 12.7. The predicted molar refractivity (Wildman–Crippen MR) is 342 cm³/mol. The topological polar surface area (TPSA) is 25.4 Å². The van der Waals surface area contributed by atoms with Gasteiger partial charge in [-0.25, -0.2) is 0 Å². The number of ether oxygens (including phenoxy) is 1. The summed E-state index contributed by atoms with van der Waals surface area (Å²) in [5, 5.41) is 0. The molecule has 0 N–H and O–H groups in total. The molecular weight excluding hydrogens is 1100 g/mol. The van der Waals surface area contributed by atoms with E-state index in [1.54, 1.807) is 0 Å². The van der Waals surface area contributed by atoms with E-state index in [1.807, 2.05) is 0 Å². The van der Waals surface area contributed by atoms with Gasteiger partial charge in [-0.1, -0.05) is 0 Å². The summed E-state index contributed by atoms with van der Waals surface area (Å²) in [6.45, 7) is 17.3. The first-order valence-electron chi connectivity index (χ1n) is 28.0. The molecule has 0 aromatic heterocycles. The molecule has 3 aliphatic heterocycles. The van der Waals surface area contributed by atoms with Crippen molar-refractivity contribution in [1.82, 2.24) is 0 Å². The second-order valence-electron chi connectivity index (χ2n) is 22.3. The summed E-state index contributed by atoms with van der Waals surface area (Å²) in [6, 6.07) is 86.5. The number of hydrogen-bond donors (Lipinski definition) is 0. The summed E-state index contributed by atoms with van der Waals surface area (Å²) in [4.78, 5) is 12.4. The summed E-state index contributed by atoms with van der Waals surface area (Å²) >= 11 is -3.19. The van der Waals surface area contributed by atoms with Crippen LogP contribution in [0.25, 0.3) is 0 Å². The van der Waals surface area contributed by atoms with Crippen molar-refractivity contribution in [2.75, 3.05) is 24.5 Å². The molecule has 394 valence electrons. The number of hydrogen-bond acceptors (Lipinski definition) is 6. The van der Waals surface area contributed by atoms with E-state index in [0.29, 0.717) is 0 Å². The summed E-state index contributed by atoms with van der Waals surface area (Å²) in [7, 11) is 0. The van der Waals surface area contributed by atoms with Crippen LogP contribution >= 0.6 is 0 Å². The molecule has 0 bridgehead atoms. The SMILES string of the molecule is Cc1ccc(N(c2ccc(C)cc2)c2cc3[c]4c(c2)N(c2ccc(C)cc2)c2cc(N(c5ccc(C)cc5)c5ccc(C)cc5)cc5[c]2[Sb]4[c]2c(cc(N(c4ccc(C)cc4)c4ccc(C)cc4)cc2N5c2ccc(C)cc2)O3)cc1. The minimum atomic E-state index is -3.19. The Balaban J connectivity index is 1.12. The van der Waals surface area contributed by atoms with Gasteiger partial charge in [-0.2, -0.15) is 0 Å². The predicted octanol–water partition coefficient (Wildman–Crippen LogP) is 18.8. The van der Waals surface area contributed by atoms with E-state index in [4.69, 9.17) is 4.74 Å². The molecule has 0 radical (unpaired) electrons. The fraction of sp³-hybridized carbons (Fsp3) is 0.108. The molecule has 0 spiro atoms. The number of anilines is 15. The van der Waals surface area contributed by atoms with E-state index in [0.717, 1.165) is 85.4 Å².